The van der Waals surface area contributed by atoms with Gasteiger partial charge in [-0.3, -0.25) is 4.79 Å². The first-order valence-corrected chi connectivity index (χ1v) is 10.4. The van der Waals surface area contributed by atoms with Gasteiger partial charge in [-0.1, -0.05) is 12.1 Å². The van der Waals surface area contributed by atoms with Gasteiger partial charge in [-0.25, -0.2) is 9.97 Å². The van der Waals surface area contributed by atoms with Crippen LogP contribution >= 0.6 is 22.9 Å². The molecule has 28 heavy (non-hydrogen) atoms. The number of fused-ring (bicyclic) bond motifs is 1. The molecule has 3 heterocycles. The summed E-state index contributed by atoms with van der Waals surface area (Å²) >= 11 is 7.63. The summed E-state index contributed by atoms with van der Waals surface area (Å²) in [5, 5.41) is 7.46. The van der Waals surface area contributed by atoms with Gasteiger partial charge in [0, 0.05) is 30.1 Å². The van der Waals surface area contributed by atoms with Crippen LogP contribution in [0.4, 0.5) is 5.82 Å². The third kappa shape index (κ3) is 4.43. The minimum Gasteiger partial charge on any atom is -0.376 e. The van der Waals surface area contributed by atoms with Crippen molar-refractivity contribution in [3.63, 3.8) is 0 Å². The van der Waals surface area contributed by atoms with E-state index in [0.29, 0.717) is 18.7 Å². The second-order valence-electron chi connectivity index (χ2n) is 6.81. The van der Waals surface area contributed by atoms with Crippen molar-refractivity contribution in [2.45, 2.75) is 32.4 Å². The predicted molar refractivity (Wildman–Crippen MR) is 112 cm³/mol. The molecule has 1 aliphatic rings. The van der Waals surface area contributed by atoms with Gasteiger partial charge < -0.3 is 15.4 Å². The smallest absolute Gasteiger partial charge is 0.251 e. The molecular weight excluding hydrogens is 396 g/mol. The molecule has 1 unspecified atom stereocenters. The van der Waals surface area contributed by atoms with Crippen LogP contribution in [0.2, 0.25) is 5.28 Å². The Morgan fingerprint density at radius 2 is 2.14 bits per heavy atom. The minimum absolute atomic E-state index is 0.0759. The van der Waals surface area contributed by atoms with Crippen LogP contribution in [0, 0.1) is 6.92 Å². The lowest BCUT2D eigenvalue weighted by atomic mass is 10.1. The van der Waals surface area contributed by atoms with Crippen LogP contribution in [-0.4, -0.2) is 35.1 Å². The van der Waals surface area contributed by atoms with Gasteiger partial charge in [0.05, 0.1) is 11.5 Å². The highest BCUT2D eigenvalue weighted by molar-refractivity contribution is 7.18. The number of halogens is 1. The summed E-state index contributed by atoms with van der Waals surface area (Å²) in [6.45, 7) is 3.96. The van der Waals surface area contributed by atoms with Gasteiger partial charge in [-0.2, -0.15) is 0 Å². The molecule has 1 amide bonds. The van der Waals surface area contributed by atoms with Crippen LogP contribution in [0.25, 0.3) is 10.2 Å². The molecule has 6 nitrogen and oxygen atoms in total. The Labute approximate surface area is 172 Å². The van der Waals surface area contributed by atoms with E-state index in [9.17, 15) is 4.79 Å². The van der Waals surface area contributed by atoms with Gasteiger partial charge in [-0.05, 0) is 55.1 Å². The van der Waals surface area contributed by atoms with Gasteiger partial charge in [0.25, 0.3) is 5.91 Å². The Bertz CT molecular complexity index is 984. The Morgan fingerprint density at radius 3 is 2.89 bits per heavy atom. The summed E-state index contributed by atoms with van der Waals surface area (Å²) in [5.74, 6) is 0.644. The molecule has 2 N–H and O–H groups in total. The number of nitrogens with zero attached hydrogens (tertiary/aromatic N) is 2. The lowest BCUT2D eigenvalue weighted by Gasteiger charge is -2.11. The van der Waals surface area contributed by atoms with Gasteiger partial charge in [0.1, 0.15) is 10.6 Å². The number of rotatable bonds is 6. The number of anilines is 1. The highest BCUT2D eigenvalue weighted by Gasteiger charge is 2.16. The molecule has 4 rings (SSSR count). The fraction of sp³-hybridized carbons (Fsp3) is 0.350. The van der Waals surface area contributed by atoms with Crippen molar-refractivity contribution in [2.24, 2.45) is 0 Å². The van der Waals surface area contributed by atoms with Crippen LogP contribution in [-0.2, 0) is 11.3 Å². The zero-order chi connectivity index (χ0) is 19.5. The quantitative estimate of drug-likeness (QED) is 0.589. The van der Waals surface area contributed by atoms with Gasteiger partial charge in [0.2, 0.25) is 5.28 Å². The maximum absolute atomic E-state index is 12.3. The monoisotopic (exact) mass is 416 g/mol. The Kier molecular flexibility index (Phi) is 5.75. The Morgan fingerprint density at radius 1 is 1.32 bits per heavy atom. The second-order valence-corrected chi connectivity index (χ2v) is 8.39. The van der Waals surface area contributed by atoms with Crippen LogP contribution < -0.4 is 10.6 Å². The summed E-state index contributed by atoms with van der Waals surface area (Å²) in [4.78, 5) is 22.9. The normalized spacial score (nSPS) is 16.4. The van der Waals surface area contributed by atoms with Crippen molar-refractivity contribution in [1.82, 2.24) is 15.3 Å². The first kappa shape index (κ1) is 19.1. The van der Waals surface area contributed by atoms with Crippen LogP contribution in [0.5, 0.6) is 0 Å². The summed E-state index contributed by atoms with van der Waals surface area (Å²) in [5.41, 5.74) is 1.69. The first-order valence-electron chi connectivity index (χ1n) is 9.25. The SMILES string of the molecule is Cc1cc2c(NCc3ccc(C(=O)NCC4CCCO4)cc3)nc(Cl)nc2s1. The first-order chi connectivity index (χ1) is 13.6. The molecule has 0 aliphatic carbocycles. The van der Waals surface area contributed by atoms with Crippen LogP contribution in [0.15, 0.2) is 30.3 Å². The van der Waals surface area contributed by atoms with E-state index >= 15 is 0 Å². The minimum atomic E-state index is -0.0759. The molecule has 0 spiro atoms. The summed E-state index contributed by atoms with van der Waals surface area (Å²) in [7, 11) is 0. The standard InChI is InChI=1S/C20H21ClN4O2S/c1-12-9-16-17(24-20(21)25-19(16)28-12)22-10-13-4-6-14(7-5-13)18(26)23-11-15-3-2-8-27-15/h4-7,9,15H,2-3,8,10-11H2,1H3,(H,23,26)(H,22,24,25). The van der Waals surface area contributed by atoms with E-state index in [4.69, 9.17) is 16.3 Å². The number of benzene rings is 1. The molecule has 8 heteroatoms. The third-order valence-corrected chi connectivity index (χ3v) is 5.79. The third-order valence-electron chi connectivity index (χ3n) is 4.68. The number of aromatic nitrogens is 2. The Hall–Kier alpha value is -2.22. The molecule has 1 aliphatic heterocycles. The van der Waals surface area contributed by atoms with E-state index < -0.39 is 0 Å². The van der Waals surface area contributed by atoms with E-state index in [1.54, 1.807) is 11.3 Å². The second kappa shape index (κ2) is 8.43. The van der Waals surface area contributed by atoms with Crippen molar-refractivity contribution < 1.29 is 9.53 Å². The fourth-order valence-electron chi connectivity index (χ4n) is 3.22. The molecule has 1 fully saturated rings. The number of carbonyl (C=O) groups is 1. The Balaban J connectivity index is 1.37. The highest BCUT2D eigenvalue weighted by atomic mass is 35.5. The van der Waals surface area contributed by atoms with E-state index in [2.05, 4.69) is 26.7 Å². The summed E-state index contributed by atoms with van der Waals surface area (Å²) in [6.07, 6.45) is 2.22. The zero-order valence-electron chi connectivity index (χ0n) is 15.5. The van der Waals surface area contributed by atoms with Gasteiger partial charge in [-0.15, -0.1) is 11.3 Å². The number of nitrogens with one attached hydrogen (secondary N) is 2. The van der Waals surface area contributed by atoms with Crippen molar-refractivity contribution in [1.29, 1.82) is 0 Å². The van der Waals surface area contributed by atoms with E-state index in [-0.39, 0.29) is 17.3 Å². The molecule has 3 aromatic rings. The average Bonchev–Trinajstić information content (AvgIpc) is 3.33. The van der Waals surface area contributed by atoms with E-state index in [1.807, 2.05) is 31.2 Å². The zero-order valence-corrected chi connectivity index (χ0v) is 17.1. The van der Waals surface area contributed by atoms with E-state index in [1.165, 1.54) is 0 Å². The number of ether oxygens (including phenoxy) is 1. The van der Waals surface area contributed by atoms with Crippen molar-refractivity contribution >= 4 is 44.9 Å². The largest absolute Gasteiger partial charge is 0.376 e. The average molecular weight is 417 g/mol. The molecule has 0 saturated carbocycles. The van der Waals surface area contributed by atoms with E-state index in [0.717, 1.165) is 45.9 Å². The molecular formula is C20H21ClN4O2S. The lowest BCUT2D eigenvalue weighted by Crippen LogP contribution is -2.31. The van der Waals surface area contributed by atoms with Crippen LogP contribution in [0.1, 0.15) is 33.6 Å². The molecule has 1 saturated heterocycles. The van der Waals surface area contributed by atoms with Gasteiger partial charge >= 0.3 is 0 Å². The topological polar surface area (TPSA) is 76.1 Å². The highest BCUT2D eigenvalue weighted by Crippen LogP contribution is 2.29. The number of amides is 1. The van der Waals surface area contributed by atoms with Gasteiger partial charge in [0.15, 0.2) is 0 Å². The number of carbonyl (C=O) groups excluding carboxylic acids is 1. The molecule has 2 aromatic heterocycles. The van der Waals surface area contributed by atoms with Crippen molar-refractivity contribution in [2.75, 3.05) is 18.5 Å². The van der Waals surface area contributed by atoms with Crippen molar-refractivity contribution in [3.05, 3.63) is 51.6 Å². The molecule has 0 radical (unpaired) electrons. The summed E-state index contributed by atoms with van der Waals surface area (Å²) in [6, 6.07) is 9.60. The summed E-state index contributed by atoms with van der Waals surface area (Å²) < 4.78 is 5.53. The maximum atomic E-state index is 12.3. The number of hydrogen-bond acceptors (Lipinski definition) is 6. The lowest BCUT2D eigenvalue weighted by molar-refractivity contribution is 0.0858. The molecule has 1 aromatic carbocycles. The fourth-order valence-corrected chi connectivity index (χ4v) is 4.32. The molecule has 146 valence electrons. The number of aryl methyl sites for hydroxylation is 1. The molecule has 1 atom stereocenters. The molecule has 0 bridgehead atoms. The number of thiophene rings is 1. The van der Waals surface area contributed by atoms with Crippen LogP contribution in [0.3, 0.4) is 0 Å². The van der Waals surface area contributed by atoms with Crippen molar-refractivity contribution in [3.8, 4) is 0 Å². The predicted octanol–water partition coefficient (Wildman–Crippen LogP) is 4.17. The number of hydrogen-bond donors (Lipinski definition) is 2. The maximum Gasteiger partial charge on any atom is 0.251 e.